The Bertz CT molecular complexity index is 533. The Balaban J connectivity index is 2.78. The summed E-state index contributed by atoms with van der Waals surface area (Å²) in [6.45, 7) is 2.23. The maximum atomic E-state index is 12.1. The number of hydrogen-bond acceptors (Lipinski definition) is 4. The number of carboxylic acid groups (broad SMARTS) is 1. The van der Waals surface area contributed by atoms with Crippen LogP contribution >= 0.6 is 0 Å². The highest BCUT2D eigenvalue weighted by atomic mass is 16.4. The fraction of sp³-hybridized carbons (Fsp3) is 0.385. The predicted octanol–water partition coefficient (Wildman–Crippen LogP) is 0.770. The van der Waals surface area contributed by atoms with Gasteiger partial charge in [0.25, 0.3) is 0 Å². The number of hydrogen-bond donors (Lipinski definition) is 3. The molecule has 1 heterocycles. The van der Waals surface area contributed by atoms with Gasteiger partial charge in [-0.05, 0) is 12.5 Å². The number of anilines is 1. The second-order valence-corrected chi connectivity index (χ2v) is 4.29. The number of nitrogens with zero attached hydrogens (tertiary/aromatic N) is 2. The van der Waals surface area contributed by atoms with E-state index in [-0.39, 0.29) is 23.7 Å². The molecule has 3 amide bonds. The molecule has 1 aromatic heterocycles. The zero-order valence-corrected chi connectivity index (χ0v) is 11.9. The zero-order chi connectivity index (χ0) is 15.8. The fourth-order valence-corrected chi connectivity index (χ4v) is 1.60. The van der Waals surface area contributed by atoms with Crippen molar-refractivity contribution in [2.75, 3.05) is 25.5 Å². The summed E-state index contributed by atoms with van der Waals surface area (Å²) in [6, 6.07) is 0.821. The Morgan fingerprint density at radius 2 is 2.05 bits per heavy atom. The normalized spacial score (nSPS) is 9.81. The number of aromatic carboxylic acids is 1. The lowest BCUT2D eigenvalue weighted by atomic mass is 10.2. The molecule has 3 N–H and O–H groups in total. The van der Waals surface area contributed by atoms with Gasteiger partial charge in [0.1, 0.15) is 6.54 Å². The van der Waals surface area contributed by atoms with E-state index in [2.05, 4.69) is 15.6 Å². The molecule has 0 aliphatic heterocycles. The van der Waals surface area contributed by atoms with E-state index in [9.17, 15) is 14.4 Å². The molecule has 1 aromatic rings. The predicted molar refractivity (Wildman–Crippen MR) is 76.1 cm³/mol. The van der Waals surface area contributed by atoms with E-state index < -0.39 is 12.0 Å². The first-order valence-electron chi connectivity index (χ1n) is 6.42. The molecule has 1 rings (SSSR count). The second kappa shape index (κ2) is 7.83. The van der Waals surface area contributed by atoms with Gasteiger partial charge in [-0.25, -0.2) is 9.59 Å². The summed E-state index contributed by atoms with van der Waals surface area (Å²) in [5.74, 6) is -1.41. The van der Waals surface area contributed by atoms with Crippen LogP contribution in [0.25, 0.3) is 0 Å². The number of rotatable bonds is 6. The number of urea groups is 1. The summed E-state index contributed by atoms with van der Waals surface area (Å²) in [7, 11) is 1.49. The first kappa shape index (κ1) is 16.4. The molecule has 21 heavy (non-hydrogen) atoms. The lowest BCUT2D eigenvalue weighted by Crippen LogP contribution is -2.42. The summed E-state index contributed by atoms with van der Waals surface area (Å²) in [6.07, 6.45) is 3.22. The Kier molecular flexibility index (Phi) is 6.12. The minimum Gasteiger partial charge on any atom is -0.478 e. The average molecular weight is 294 g/mol. The smallest absolute Gasteiger partial charge is 0.337 e. The van der Waals surface area contributed by atoms with Gasteiger partial charge in [0.15, 0.2) is 0 Å². The summed E-state index contributed by atoms with van der Waals surface area (Å²) in [4.78, 5) is 39.4. The summed E-state index contributed by atoms with van der Waals surface area (Å²) in [5.41, 5.74) is 0.235. The first-order valence-corrected chi connectivity index (χ1v) is 6.42. The van der Waals surface area contributed by atoms with Crippen molar-refractivity contribution in [3.05, 3.63) is 24.0 Å². The van der Waals surface area contributed by atoms with Crippen LogP contribution in [0.15, 0.2) is 18.5 Å². The number of carboxylic acids is 1. The number of pyridine rings is 1. The van der Waals surface area contributed by atoms with Gasteiger partial charge in [-0.3, -0.25) is 9.78 Å². The Morgan fingerprint density at radius 3 is 2.62 bits per heavy atom. The van der Waals surface area contributed by atoms with Crippen LogP contribution < -0.4 is 10.6 Å². The van der Waals surface area contributed by atoms with E-state index in [0.29, 0.717) is 13.0 Å². The Morgan fingerprint density at radius 1 is 1.33 bits per heavy atom. The van der Waals surface area contributed by atoms with Crippen LogP contribution in [0.3, 0.4) is 0 Å². The SMILES string of the molecule is CCCN(CC(=O)NC)C(=O)Nc1cncc(C(=O)O)c1. The van der Waals surface area contributed by atoms with Crippen LogP contribution in [0, 0.1) is 0 Å². The van der Waals surface area contributed by atoms with Gasteiger partial charge in [-0.15, -0.1) is 0 Å². The second-order valence-electron chi connectivity index (χ2n) is 4.29. The molecule has 8 heteroatoms. The minimum atomic E-state index is -1.13. The number of likely N-dealkylation sites (N-methyl/N-ethyl adjacent to an activating group) is 1. The van der Waals surface area contributed by atoms with E-state index in [1.807, 2.05) is 6.92 Å². The van der Waals surface area contributed by atoms with Crippen LogP contribution in [0.5, 0.6) is 0 Å². The molecule has 114 valence electrons. The molecule has 0 fully saturated rings. The number of carbonyl (C=O) groups is 3. The molecule has 0 atom stereocenters. The van der Waals surface area contributed by atoms with Crippen molar-refractivity contribution in [1.29, 1.82) is 0 Å². The van der Waals surface area contributed by atoms with Gasteiger partial charge >= 0.3 is 12.0 Å². The highest BCUT2D eigenvalue weighted by molar-refractivity contribution is 5.94. The largest absolute Gasteiger partial charge is 0.478 e. The number of amides is 3. The third-order valence-corrected chi connectivity index (χ3v) is 2.63. The van der Waals surface area contributed by atoms with Crippen molar-refractivity contribution in [2.45, 2.75) is 13.3 Å². The summed E-state index contributed by atoms with van der Waals surface area (Å²) in [5, 5.41) is 13.9. The highest BCUT2D eigenvalue weighted by Crippen LogP contribution is 2.09. The molecule has 0 aliphatic carbocycles. The Hall–Kier alpha value is -2.64. The number of aromatic nitrogens is 1. The maximum Gasteiger partial charge on any atom is 0.337 e. The van der Waals surface area contributed by atoms with E-state index in [1.165, 1.54) is 30.4 Å². The molecule has 0 aliphatic rings. The standard InChI is InChI=1S/C13H18N4O4/c1-3-4-17(8-11(18)14-2)13(21)16-10-5-9(12(19)20)6-15-7-10/h5-7H,3-4,8H2,1-2H3,(H,14,18)(H,16,21)(H,19,20). The minimum absolute atomic E-state index is 0.0267. The first-order chi connectivity index (χ1) is 9.97. The van der Waals surface area contributed by atoms with Gasteiger partial charge in [0.2, 0.25) is 5.91 Å². The highest BCUT2D eigenvalue weighted by Gasteiger charge is 2.16. The van der Waals surface area contributed by atoms with Gasteiger partial charge in [0.05, 0.1) is 17.4 Å². The van der Waals surface area contributed by atoms with Crippen LogP contribution in [-0.4, -0.2) is 53.0 Å². The lowest BCUT2D eigenvalue weighted by Gasteiger charge is -2.21. The van der Waals surface area contributed by atoms with Crippen LogP contribution in [0.1, 0.15) is 23.7 Å². The average Bonchev–Trinajstić information content (AvgIpc) is 2.46. The van der Waals surface area contributed by atoms with Gasteiger partial charge < -0.3 is 20.6 Å². The van der Waals surface area contributed by atoms with Crippen molar-refractivity contribution < 1.29 is 19.5 Å². The van der Waals surface area contributed by atoms with Crippen LogP contribution in [0.4, 0.5) is 10.5 Å². The molecular weight excluding hydrogens is 276 g/mol. The van der Waals surface area contributed by atoms with Crippen molar-refractivity contribution in [3.63, 3.8) is 0 Å². The van der Waals surface area contributed by atoms with Crippen molar-refractivity contribution in [2.24, 2.45) is 0 Å². The van der Waals surface area contributed by atoms with E-state index in [1.54, 1.807) is 0 Å². The van der Waals surface area contributed by atoms with E-state index in [4.69, 9.17) is 5.11 Å². The maximum absolute atomic E-state index is 12.1. The third kappa shape index (κ3) is 5.09. The van der Waals surface area contributed by atoms with Crippen molar-refractivity contribution in [1.82, 2.24) is 15.2 Å². The molecule has 0 radical (unpaired) electrons. The van der Waals surface area contributed by atoms with Gasteiger partial charge in [0, 0.05) is 19.8 Å². The van der Waals surface area contributed by atoms with Gasteiger partial charge in [-0.2, -0.15) is 0 Å². The van der Waals surface area contributed by atoms with Crippen molar-refractivity contribution in [3.8, 4) is 0 Å². The number of nitrogens with one attached hydrogen (secondary N) is 2. The number of carbonyl (C=O) groups excluding carboxylic acids is 2. The topological polar surface area (TPSA) is 112 Å². The van der Waals surface area contributed by atoms with Crippen LogP contribution in [0.2, 0.25) is 0 Å². The van der Waals surface area contributed by atoms with Crippen LogP contribution in [-0.2, 0) is 4.79 Å². The quantitative estimate of drug-likeness (QED) is 0.717. The molecule has 0 saturated heterocycles. The van der Waals surface area contributed by atoms with Gasteiger partial charge in [-0.1, -0.05) is 6.92 Å². The molecule has 0 aromatic carbocycles. The van der Waals surface area contributed by atoms with E-state index in [0.717, 1.165) is 0 Å². The zero-order valence-electron chi connectivity index (χ0n) is 11.9. The molecule has 0 unspecified atom stereocenters. The Labute approximate surface area is 122 Å². The third-order valence-electron chi connectivity index (χ3n) is 2.63. The van der Waals surface area contributed by atoms with E-state index >= 15 is 0 Å². The molecule has 0 bridgehead atoms. The molecule has 0 spiro atoms. The summed E-state index contributed by atoms with van der Waals surface area (Å²) >= 11 is 0. The fourth-order valence-electron chi connectivity index (χ4n) is 1.60. The molecular formula is C13H18N4O4. The lowest BCUT2D eigenvalue weighted by molar-refractivity contribution is -0.121. The monoisotopic (exact) mass is 294 g/mol. The summed E-state index contributed by atoms with van der Waals surface area (Å²) < 4.78 is 0. The molecule has 8 nitrogen and oxygen atoms in total. The van der Waals surface area contributed by atoms with Crippen molar-refractivity contribution >= 4 is 23.6 Å². The molecule has 0 saturated carbocycles.